The number of hydrogen-bond donors (Lipinski definition) is 4. The van der Waals surface area contributed by atoms with E-state index >= 15 is 0 Å². The average molecular weight is 452 g/mol. The summed E-state index contributed by atoms with van der Waals surface area (Å²) in [6.07, 6.45) is 0. The summed E-state index contributed by atoms with van der Waals surface area (Å²) in [6.45, 7) is 1.08. The Morgan fingerprint density at radius 1 is 1.27 bits per heavy atom. The molecule has 2 heterocycles. The van der Waals surface area contributed by atoms with Crippen LogP contribution in [0.15, 0.2) is 57.6 Å². The van der Waals surface area contributed by atoms with Gasteiger partial charge >= 0.3 is 11.9 Å². The van der Waals surface area contributed by atoms with Gasteiger partial charge in [-0.2, -0.15) is 0 Å². The number of amides is 1. The van der Waals surface area contributed by atoms with Crippen LogP contribution in [-0.4, -0.2) is 46.1 Å². The Morgan fingerprint density at radius 3 is 2.53 bits per heavy atom. The van der Waals surface area contributed by atoms with Crippen LogP contribution < -0.4 is 11.1 Å². The van der Waals surface area contributed by atoms with Crippen molar-refractivity contribution in [2.24, 2.45) is 5.73 Å². The Balaban J connectivity index is 2.21. The highest BCUT2D eigenvalue weighted by Gasteiger charge is 2.44. The van der Waals surface area contributed by atoms with Crippen molar-refractivity contribution in [3.8, 4) is 0 Å². The molecule has 0 spiro atoms. The van der Waals surface area contributed by atoms with Crippen molar-refractivity contribution in [3.63, 3.8) is 0 Å². The Bertz CT molecular complexity index is 1000. The van der Waals surface area contributed by atoms with Crippen LogP contribution in [-0.2, 0) is 19.1 Å². The molecule has 2 aliphatic heterocycles. The van der Waals surface area contributed by atoms with Crippen molar-refractivity contribution >= 4 is 41.2 Å². The van der Waals surface area contributed by atoms with Gasteiger partial charge in [-0.15, -0.1) is 0 Å². The van der Waals surface area contributed by atoms with Crippen LogP contribution in [0.5, 0.6) is 0 Å². The number of carbonyl (C=O) groups excluding carboxylic acids is 2. The molecule has 2 aliphatic rings. The number of hydrogen-bond acceptors (Lipinski definition) is 8. The number of esters is 1. The number of aliphatic carboxylic acids is 1. The highest BCUT2D eigenvalue weighted by atomic mass is 35.5. The van der Waals surface area contributed by atoms with Gasteiger partial charge in [-0.1, -0.05) is 35.5 Å². The van der Waals surface area contributed by atoms with E-state index in [4.69, 9.17) is 27.2 Å². The first-order valence-electron chi connectivity index (χ1n) is 8.78. The molecule has 5 N–H and O–H groups in total. The van der Waals surface area contributed by atoms with Crippen molar-refractivity contribution in [2.45, 2.75) is 12.8 Å². The van der Waals surface area contributed by atoms with Crippen LogP contribution in [0.2, 0.25) is 5.02 Å². The molecule has 0 aliphatic carbocycles. The number of aliphatic hydroxyl groups excluding tert-OH is 1. The summed E-state index contributed by atoms with van der Waals surface area (Å²) in [6, 6.07) is 6.45. The summed E-state index contributed by atoms with van der Waals surface area (Å²) < 4.78 is 5.20. The van der Waals surface area contributed by atoms with Crippen LogP contribution in [0.1, 0.15) is 18.4 Å². The summed E-state index contributed by atoms with van der Waals surface area (Å²) in [5.74, 6) is -4.09. The first-order chi connectivity index (χ1) is 14.3. The van der Waals surface area contributed by atoms with Gasteiger partial charge in [0.2, 0.25) is 5.88 Å². The summed E-state index contributed by atoms with van der Waals surface area (Å²) in [4.78, 5) is 37.9. The molecule has 1 atom stereocenters. The third kappa shape index (κ3) is 3.96. The molecule has 11 heteroatoms. The molecule has 0 fully saturated rings. The Hall–Kier alpha value is -3.11. The minimum Gasteiger partial charge on any atom is -0.494 e. The number of ether oxygens (including phenoxy) is 1. The monoisotopic (exact) mass is 451 g/mol. The van der Waals surface area contributed by atoms with Crippen LogP contribution in [0.4, 0.5) is 0 Å². The van der Waals surface area contributed by atoms with E-state index in [9.17, 15) is 19.5 Å². The predicted molar refractivity (Wildman–Crippen MR) is 110 cm³/mol. The number of carbonyl (C=O) groups is 3. The van der Waals surface area contributed by atoms with Crippen molar-refractivity contribution in [1.82, 2.24) is 10.2 Å². The lowest BCUT2D eigenvalue weighted by Crippen LogP contribution is -2.41. The van der Waals surface area contributed by atoms with Gasteiger partial charge in [-0.3, -0.25) is 14.5 Å². The summed E-state index contributed by atoms with van der Waals surface area (Å²) in [7, 11) is 0. The Labute approximate surface area is 180 Å². The molecule has 0 aromatic heterocycles. The normalized spacial score (nSPS) is 18.1. The zero-order valence-electron chi connectivity index (χ0n) is 15.7. The van der Waals surface area contributed by atoms with Gasteiger partial charge in [0.25, 0.3) is 5.91 Å². The zero-order chi connectivity index (χ0) is 22.0. The molecular formula is C19H18ClN3O6S. The second kappa shape index (κ2) is 8.72. The van der Waals surface area contributed by atoms with Crippen molar-refractivity contribution in [3.05, 3.63) is 68.1 Å². The third-order valence-electron chi connectivity index (χ3n) is 4.38. The molecular weight excluding hydrogens is 434 g/mol. The van der Waals surface area contributed by atoms with E-state index in [1.54, 1.807) is 31.2 Å². The van der Waals surface area contributed by atoms with Gasteiger partial charge in [0.1, 0.15) is 12.4 Å². The SMILES string of the molecule is CCOC(=O)C1=C2SC=C(O)N2C(N)=C(C(=O)NCC(=O)O)C1c1ccc(Cl)cc1. The Morgan fingerprint density at radius 2 is 1.93 bits per heavy atom. The molecule has 158 valence electrons. The maximum Gasteiger partial charge on any atom is 0.337 e. The van der Waals surface area contributed by atoms with E-state index in [0.717, 1.165) is 11.8 Å². The number of nitrogens with one attached hydrogen (secondary N) is 1. The molecule has 0 saturated heterocycles. The molecule has 1 aromatic rings. The topological polar surface area (TPSA) is 142 Å². The zero-order valence-corrected chi connectivity index (χ0v) is 17.3. The Kier molecular flexibility index (Phi) is 6.28. The number of rotatable bonds is 6. The second-order valence-corrected chi connectivity index (χ2v) is 7.52. The number of fused-ring (bicyclic) bond motifs is 1. The number of nitrogens with two attached hydrogens (primary N) is 1. The molecule has 1 aromatic carbocycles. The van der Waals surface area contributed by atoms with Gasteiger partial charge in [0, 0.05) is 10.4 Å². The van der Waals surface area contributed by atoms with Gasteiger partial charge in [0.15, 0.2) is 0 Å². The van der Waals surface area contributed by atoms with E-state index in [0.29, 0.717) is 15.6 Å². The highest BCUT2D eigenvalue weighted by Crippen LogP contribution is 2.49. The summed E-state index contributed by atoms with van der Waals surface area (Å²) in [5.41, 5.74) is 6.75. The molecule has 9 nitrogen and oxygen atoms in total. The largest absolute Gasteiger partial charge is 0.494 e. The minimum absolute atomic E-state index is 0.0900. The maximum absolute atomic E-state index is 12.9. The number of aliphatic hydroxyl groups is 1. The lowest BCUT2D eigenvalue weighted by atomic mass is 9.82. The fourth-order valence-corrected chi connectivity index (χ4v) is 4.25. The number of thioether (sulfide) groups is 1. The van der Waals surface area contributed by atoms with E-state index < -0.39 is 30.3 Å². The maximum atomic E-state index is 12.9. The van der Waals surface area contributed by atoms with Gasteiger partial charge < -0.3 is 26.0 Å². The number of carboxylic acid groups (broad SMARTS) is 1. The lowest BCUT2D eigenvalue weighted by molar-refractivity contribution is -0.139. The van der Waals surface area contributed by atoms with Gasteiger partial charge in [-0.05, 0) is 24.6 Å². The van der Waals surface area contributed by atoms with Crippen LogP contribution in [0.25, 0.3) is 0 Å². The van der Waals surface area contributed by atoms with Crippen LogP contribution in [0.3, 0.4) is 0 Å². The molecule has 3 rings (SSSR count). The fourth-order valence-electron chi connectivity index (χ4n) is 3.17. The molecule has 0 saturated carbocycles. The summed E-state index contributed by atoms with van der Waals surface area (Å²) in [5, 5.41) is 23.6. The number of benzene rings is 1. The van der Waals surface area contributed by atoms with E-state index in [2.05, 4.69) is 5.32 Å². The van der Waals surface area contributed by atoms with Gasteiger partial charge in [-0.25, -0.2) is 4.79 Å². The van der Waals surface area contributed by atoms with Crippen LogP contribution in [0, 0.1) is 0 Å². The van der Waals surface area contributed by atoms with Crippen molar-refractivity contribution < 1.29 is 29.3 Å². The standard InChI is InChI=1S/C19H18ClN3O6S/c1-2-29-19(28)15-13(9-3-5-10(20)6-4-9)14(17(27)22-7-12(25)26)16(21)23-11(24)8-30-18(15)23/h3-6,8,13,24H,2,7,21H2,1H3,(H,22,27)(H,25,26). The van der Waals surface area contributed by atoms with Crippen molar-refractivity contribution in [1.29, 1.82) is 0 Å². The minimum atomic E-state index is -1.25. The van der Waals surface area contributed by atoms with Crippen LogP contribution >= 0.6 is 23.4 Å². The molecule has 30 heavy (non-hydrogen) atoms. The quantitative estimate of drug-likeness (QED) is 0.477. The molecule has 0 bridgehead atoms. The summed E-state index contributed by atoms with van der Waals surface area (Å²) >= 11 is 7.04. The van der Waals surface area contributed by atoms with Crippen molar-refractivity contribution in [2.75, 3.05) is 13.2 Å². The number of nitrogens with zero attached hydrogens (tertiary/aromatic N) is 1. The first kappa shape index (κ1) is 21.6. The fraction of sp³-hybridized carbons (Fsp3) is 0.211. The first-order valence-corrected chi connectivity index (χ1v) is 10.0. The smallest absolute Gasteiger partial charge is 0.337 e. The molecule has 1 unspecified atom stereocenters. The van der Waals surface area contributed by atoms with E-state index in [-0.39, 0.29) is 29.5 Å². The average Bonchev–Trinajstić information content (AvgIpc) is 3.08. The van der Waals surface area contributed by atoms with E-state index in [1.165, 1.54) is 10.3 Å². The number of carboxylic acids is 1. The molecule has 1 amide bonds. The second-order valence-electron chi connectivity index (χ2n) is 6.23. The third-order valence-corrected chi connectivity index (χ3v) is 5.58. The highest BCUT2D eigenvalue weighted by molar-refractivity contribution is 8.06. The lowest BCUT2D eigenvalue weighted by Gasteiger charge is -2.34. The van der Waals surface area contributed by atoms with Gasteiger partial charge in [0.05, 0.1) is 28.7 Å². The van der Waals surface area contributed by atoms with E-state index in [1.807, 2.05) is 0 Å². The number of halogens is 1. The predicted octanol–water partition coefficient (Wildman–Crippen LogP) is 1.99. The molecule has 0 radical (unpaired) electrons.